The fraction of sp³-hybridized carbons (Fsp3) is 0.857. The van der Waals surface area contributed by atoms with Gasteiger partial charge in [-0.25, -0.2) is 0 Å². The molecule has 0 saturated carbocycles. The molecule has 0 N–H and O–H groups in total. The summed E-state index contributed by atoms with van der Waals surface area (Å²) in [5.41, 5.74) is 0. The third-order valence-electron chi connectivity index (χ3n) is 1.89. The molecule has 11 heavy (non-hydrogen) atoms. The summed E-state index contributed by atoms with van der Waals surface area (Å²) in [6.07, 6.45) is 1.60. The lowest BCUT2D eigenvalue weighted by Crippen LogP contribution is -2.27. The van der Waals surface area contributed by atoms with E-state index in [0.717, 1.165) is 13.0 Å². The SMILES string of the molecule is O=C1CCCN1COC1CO1. The van der Waals surface area contributed by atoms with Crippen LogP contribution >= 0.6 is 0 Å². The van der Waals surface area contributed by atoms with Crippen LogP contribution in [0.1, 0.15) is 12.8 Å². The molecule has 62 valence electrons. The Hall–Kier alpha value is -0.610. The summed E-state index contributed by atoms with van der Waals surface area (Å²) >= 11 is 0. The van der Waals surface area contributed by atoms with Crippen molar-refractivity contribution < 1.29 is 14.3 Å². The van der Waals surface area contributed by atoms with Crippen LogP contribution in [0.25, 0.3) is 0 Å². The molecule has 2 heterocycles. The van der Waals surface area contributed by atoms with Crippen molar-refractivity contribution in [3.63, 3.8) is 0 Å². The van der Waals surface area contributed by atoms with E-state index in [1.807, 2.05) is 0 Å². The first-order valence-electron chi connectivity index (χ1n) is 3.87. The number of likely N-dealkylation sites (tertiary alicyclic amines) is 1. The molecule has 0 aromatic heterocycles. The van der Waals surface area contributed by atoms with E-state index in [4.69, 9.17) is 9.47 Å². The summed E-state index contributed by atoms with van der Waals surface area (Å²) in [7, 11) is 0. The van der Waals surface area contributed by atoms with Gasteiger partial charge in [-0.1, -0.05) is 0 Å². The van der Waals surface area contributed by atoms with Crippen molar-refractivity contribution in [3.8, 4) is 0 Å². The fourth-order valence-electron chi connectivity index (χ4n) is 1.15. The van der Waals surface area contributed by atoms with E-state index in [2.05, 4.69) is 0 Å². The summed E-state index contributed by atoms with van der Waals surface area (Å²) in [5, 5.41) is 0. The normalized spacial score (nSPS) is 29.6. The molecule has 4 nitrogen and oxygen atoms in total. The Labute approximate surface area is 65.1 Å². The second kappa shape index (κ2) is 2.79. The van der Waals surface area contributed by atoms with Crippen LogP contribution in [0.5, 0.6) is 0 Å². The van der Waals surface area contributed by atoms with Crippen LogP contribution in [0.4, 0.5) is 0 Å². The first-order chi connectivity index (χ1) is 5.36. The molecule has 0 aromatic carbocycles. The van der Waals surface area contributed by atoms with Crippen molar-refractivity contribution in [1.82, 2.24) is 4.90 Å². The number of amides is 1. The number of hydrogen-bond donors (Lipinski definition) is 0. The summed E-state index contributed by atoms with van der Waals surface area (Å²) in [6.45, 7) is 1.93. The number of epoxide rings is 1. The number of hydrogen-bond acceptors (Lipinski definition) is 3. The first kappa shape index (κ1) is 7.06. The number of rotatable bonds is 3. The van der Waals surface area contributed by atoms with Gasteiger partial charge in [-0.3, -0.25) is 4.79 Å². The molecule has 0 bridgehead atoms. The Kier molecular flexibility index (Phi) is 1.79. The molecule has 0 radical (unpaired) electrons. The number of nitrogens with zero attached hydrogens (tertiary/aromatic N) is 1. The van der Waals surface area contributed by atoms with E-state index in [0.29, 0.717) is 19.8 Å². The van der Waals surface area contributed by atoms with E-state index < -0.39 is 0 Å². The smallest absolute Gasteiger partial charge is 0.224 e. The minimum absolute atomic E-state index is 0.0385. The van der Waals surface area contributed by atoms with E-state index in [-0.39, 0.29) is 12.2 Å². The van der Waals surface area contributed by atoms with E-state index in [9.17, 15) is 4.79 Å². The van der Waals surface area contributed by atoms with Gasteiger partial charge in [-0.2, -0.15) is 0 Å². The molecule has 1 amide bonds. The zero-order chi connectivity index (χ0) is 7.68. The second-order valence-corrected chi connectivity index (χ2v) is 2.82. The number of ether oxygens (including phenoxy) is 2. The van der Waals surface area contributed by atoms with Crippen LogP contribution in [0, 0.1) is 0 Å². The highest BCUT2D eigenvalue weighted by molar-refractivity contribution is 5.77. The molecular weight excluding hydrogens is 146 g/mol. The maximum absolute atomic E-state index is 11.0. The van der Waals surface area contributed by atoms with Gasteiger partial charge in [0.25, 0.3) is 0 Å². The van der Waals surface area contributed by atoms with E-state index >= 15 is 0 Å². The van der Waals surface area contributed by atoms with Gasteiger partial charge in [0.2, 0.25) is 5.91 Å². The van der Waals surface area contributed by atoms with Crippen LogP contribution in [0.3, 0.4) is 0 Å². The van der Waals surface area contributed by atoms with Gasteiger partial charge in [0.05, 0.1) is 0 Å². The molecule has 0 spiro atoms. The zero-order valence-electron chi connectivity index (χ0n) is 6.28. The van der Waals surface area contributed by atoms with Gasteiger partial charge >= 0.3 is 0 Å². The molecule has 2 aliphatic rings. The van der Waals surface area contributed by atoms with Crippen LogP contribution < -0.4 is 0 Å². The quantitative estimate of drug-likeness (QED) is 0.539. The maximum atomic E-state index is 11.0. The van der Waals surface area contributed by atoms with Crippen LogP contribution in [-0.2, 0) is 14.3 Å². The van der Waals surface area contributed by atoms with Crippen molar-refractivity contribution >= 4 is 5.91 Å². The molecular formula is C7H11NO3. The lowest BCUT2D eigenvalue weighted by molar-refractivity contribution is -0.134. The van der Waals surface area contributed by atoms with Gasteiger partial charge < -0.3 is 14.4 Å². The topological polar surface area (TPSA) is 42.1 Å². The summed E-state index contributed by atoms with van der Waals surface area (Å²) in [5.74, 6) is 0.200. The Morgan fingerprint density at radius 2 is 2.55 bits per heavy atom. The zero-order valence-corrected chi connectivity index (χ0v) is 6.28. The summed E-state index contributed by atoms with van der Waals surface area (Å²) < 4.78 is 10.0. The lowest BCUT2D eigenvalue weighted by atomic mass is 10.4. The molecule has 1 unspecified atom stereocenters. The molecule has 0 aromatic rings. The molecule has 4 heteroatoms. The number of carbonyl (C=O) groups is 1. The molecule has 2 saturated heterocycles. The third-order valence-corrected chi connectivity index (χ3v) is 1.89. The van der Waals surface area contributed by atoms with Crippen LogP contribution in [0.2, 0.25) is 0 Å². The monoisotopic (exact) mass is 157 g/mol. The predicted molar refractivity (Wildman–Crippen MR) is 36.6 cm³/mol. The highest BCUT2D eigenvalue weighted by atomic mass is 16.8. The first-order valence-corrected chi connectivity index (χ1v) is 3.87. The highest BCUT2D eigenvalue weighted by Gasteiger charge is 2.26. The molecule has 1 atom stereocenters. The van der Waals surface area contributed by atoms with E-state index in [1.54, 1.807) is 4.90 Å². The van der Waals surface area contributed by atoms with Gasteiger partial charge in [0, 0.05) is 13.0 Å². The van der Waals surface area contributed by atoms with Gasteiger partial charge in [0.1, 0.15) is 13.3 Å². The van der Waals surface area contributed by atoms with E-state index in [1.165, 1.54) is 0 Å². The van der Waals surface area contributed by atoms with Crippen molar-refractivity contribution in [1.29, 1.82) is 0 Å². The third kappa shape index (κ3) is 1.70. The molecule has 2 aliphatic heterocycles. The Morgan fingerprint density at radius 1 is 1.73 bits per heavy atom. The van der Waals surface area contributed by atoms with Crippen molar-refractivity contribution in [2.24, 2.45) is 0 Å². The average Bonchev–Trinajstić information content (AvgIpc) is 2.73. The minimum Gasteiger partial charge on any atom is -0.345 e. The average molecular weight is 157 g/mol. The summed E-state index contributed by atoms with van der Waals surface area (Å²) in [6, 6.07) is 0. The Morgan fingerprint density at radius 3 is 3.09 bits per heavy atom. The maximum Gasteiger partial charge on any atom is 0.224 e. The fourth-order valence-corrected chi connectivity index (χ4v) is 1.15. The largest absolute Gasteiger partial charge is 0.345 e. The van der Waals surface area contributed by atoms with Gasteiger partial charge in [0.15, 0.2) is 6.29 Å². The van der Waals surface area contributed by atoms with Gasteiger partial charge in [-0.05, 0) is 6.42 Å². The minimum atomic E-state index is -0.0385. The van der Waals surface area contributed by atoms with Crippen molar-refractivity contribution in [3.05, 3.63) is 0 Å². The second-order valence-electron chi connectivity index (χ2n) is 2.82. The highest BCUT2D eigenvalue weighted by Crippen LogP contribution is 2.14. The van der Waals surface area contributed by atoms with Crippen molar-refractivity contribution in [2.45, 2.75) is 19.1 Å². The van der Waals surface area contributed by atoms with Gasteiger partial charge in [-0.15, -0.1) is 0 Å². The molecule has 0 aliphatic carbocycles. The molecule has 2 fully saturated rings. The van der Waals surface area contributed by atoms with Crippen molar-refractivity contribution in [2.75, 3.05) is 19.9 Å². The Bertz CT molecular complexity index is 167. The standard InChI is InChI=1S/C7H11NO3/c9-6-2-1-3-8(6)5-11-7-4-10-7/h7H,1-5H2. The lowest BCUT2D eigenvalue weighted by Gasteiger charge is -2.13. The van der Waals surface area contributed by atoms with Crippen LogP contribution in [-0.4, -0.2) is 37.0 Å². The predicted octanol–water partition coefficient (Wildman–Crippen LogP) is -0.0608. The van der Waals surface area contributed by atoms with Crippen LogP contribution in [0.15, 0.2) is 0 Å². The number of carbonyl (C=O) groups excluding carboxylic acids is 1. The molecule has 2 rings (SSSR count). The Balaban J connectivity index is 1.71. The summed E-state index contributed by atoms with van der Waals surface area (Å²) in [4.78, 5) is 12.7.